The summed E-state index contributed by atoms with van der Waals surface area (Å²) in [6, 6.07) is 10.4. The third kappa shape index (κ3) is 4.94. The highest BCUT2D eigenvalue weighted by Crippen LogP contribution is 2.26. The second kappa shape index (κ2) is 8.04. The number of nitrogens with zero attached hydrogens (tertiary/aromatic N) is 2. The van der Waals surface area contributed by atoms with E-state index in [1.807, 2.05) is 6.07 Å². The molecule has 5 heteroatoms. The summed E-state index contributed by atoms with van der Waals surface area (Å²) in [7, 11) is 0. The SMILES string of the molecule is CC(C)(C)c1ccc(-c2cc(NC(=O)CCCN3CCCC3)n[nH]2)cc1. The van der Waals surface area contributed by atoms with Gasteiger partial charge in [-0.3, -0.25) is 9.89 Å². The summed E-state index contributed by atoms with van der Waals surface area (Å²) in [5.41, 5.74) is 3.42. The molecule has 1 amide bonds. The first-order valence-corrected chi connectivity index (χ1v) is 9.60. The Bertz CT molecular complexity index is 721. The van der Waals surface area contributed by atoms with Gasteiger partial charge >= 0.3 is 0 Å². The van der Waals surface area contributed by atoms with Crippen molar-refractivity contribution in [2.45, 2.75) is 51.9 Å². The van der Waals surface area contributed by atoms with Gasteiger partial charge in [-0.15, -0.1) is 0 Å². The molecular formula is C21H30N4O. The number of aromatic nitrogens is 2. The molecule has 0 radical (unpaired) electrons. The minimum absolute atomic E-state index is 0.0327. The average molecular weight is 354 g/mol. The van der Waals surface area contributed by atoms with Crippen molar-refractivity contribution < 1.29 is 4.79 Å². The van der Waals surface area contributed by atoms with Gasteiger partial charge in [0.2, 0.25) is 5.91 Å². The van der Waals surface area contributed by atoms with Gasteiger partial charge < -0.3 is 10.2 Å². The number of rotatable bonds is 6. The second-order valence-corrected chi connectivity index (χ2v) is 8.19. The summed E-state index contributed by atoms with van der Waals surface area (Å²) < 4.78 is 0. The van der Waals surface area contributed by atoms with E-state index in [-0.39, 0.29) is 11.3 Å². The number of aromatic amines is 1. The summed E-state index contributed by atoms with van der Waals surface area (Å²) in [5, 5.41) is 10.1. The van der Waals surface area contributed by atoms with E-state index >= 15 is 0 Å². The Morgan fingerprint density at radius 2 is 1.88 bits per heavy atom. The number of nitrogens with one attached hydrogen (secondary N) is 2. The highest BCUT2D eigenvalue weighted by Gasteiger charge is 2.14. The molecule has 2 heterocycles. The third-order valence-electron chi connectivity index (χ3n) is 4.98. The summed E-state index contributed by atoms with van der Waals surface area (Å²) in [4.78, 5) is 14.5. The van der Waals surface area contributed by atoms with E-state index in [1.54, 1.807) is 0 Å². The molecule has 3 rings (SSSR count). The Hall–Kier alpha value is -2.14. The van der Waals surface area contributed by atoms with Crippen molar-refractivity contribution in [3.05, 3.63) is 35.9 Å². The van der Waals surface area contributed by atoms with Crippen LogP contribution in [0.25, 0.3) is 11.3 Å². The van der Waals surface area contributed by atoms with E-state index in [9.17, 15) is 4.79 Å². The number of anilines is 1. The minimum Gasteiger partial charge on any atom is -0.309 e. The van der Waals surface area contributed by atoms with Crippen LogP contribution in [0.2, 0.25) is 0 Å². The predicted molar refractivity (Wildman–Crippen MR) is 106 cm³/mol. The van der Waals surface area contributed by atoms with Crippen molar-refractivity contribution in [1.29, 1.82) is 0 Å². The van der Waals surface area contributed by atoms with Gasteiger partial charge in [-0.1, -0.05) is 45.0 Å². The van der Waals surface area contributed by atoms with Crippen molar-refractivity contribution in [2.75, 3.05) is 25.0 Å². The predicted octanol–water partition coefficient (Wildman–Crippen LogP) is 4.19. The van der Waals surface area contributed by atoms with Gasteiger partial charge in [-0.05, 0) is 55.4 Å². The molecular weight excluding hydrogens is 324 g/mol. The lowest BCUT2D eigenvalue weighted by molar-refractivity contribution is -0.116. The van der Waals surface area contributed by atoms with Crippen LogP contribution in [0, 0.1) is 0 Å². The first kappa shape index (κ1) is 18.6. The van der Waals surface area contributed by atoms with Gasteiger partial charge in [0.05, 0.1) is 5.69 Å². The Kier molecular flexibility index (Phi) is 5.77. The van der Waals surface area contributed by atoms with Crippen LogP contribution in [0.4, 0.5) is 5.82 Å². The minimum atomic E-state index is 0.0327. The molecule has 0 bridgehead atoms. The molecule has 0 saturated carbocycles. The fourth-order valence-electron chi connectivity index (χ4n) is 3.36. The molecule has 1 aliphatic heterocycles. The van der Waals surface area contributed by atoms with Crippen LogP contribution in [-0.4, -0.2) is 40.6 Å². The van der Waals surface area contributed by atoms with Crippen LogP contribution in [0.1, 0.15) is 52.0 Å². The largest absolute Gasteiger partial charge is 0.309 e. The molecule has 1 aliphatic rings. The molecule has 1 aromatic carbocycles. The van der Waals surface area contributed by atoms with Crippen LogP contribution in [0.5, 0.6) is 0 Å². The average Bonchev–Trinajstić information content (AvgIpc) is 3.26. The van der Waals surface area contributed by atoms with Gasteiger partial charge in [0.15, 0.2) is 5.82 Å². The number of H-pyrrole nitrogens is 1. The number of carbonyl (C=O) groups is 1. The van der Waals surface area contributed by atoms with Gasteiger partial charge in [0.1, 0.15) is 0 Å². The van der Waals surface area contributed by atoms with E-state index < -0.39 is 0 Å². The van der Waals surface area contributed by atoms with E-state index in [1.165, 1.54) is 31.5 Å². The topological polar surface area (TPSA) is 61.0 Å². The summed E-state index contributed by atoms with van der Waals surface area (Å²) in [6.45, 7) is 9.98. The van der Waals surface area contributed by atoms with E-state index in [0.717, 1.165) is 24.2 Å². The monoisotopic (exact) mass is 354 g/mol. The van der Waals surface area contributed by atoms with Crippen LogP contribution in [-0.2, 0) is 10.2 Å². The number of benzene rings is 1. The maximum absolute atomic E-state index is 12.1. The first-order chi connectivity index (χ1) is 12.4. The molecule has 1 saturated heterocycles. The Labute approximate surface area is 156 Å². The molecule has 2 aromatic rings. The Balaban J connectivity index is 1.51. The van der Waals surface area contributed by atoms with Crippen molar-refractivity contribution in [1.82, 2.24) is 15.1 Å². The number of hydrogen-bond donors (Lipinski definition) is 2. The van der Waals surface area contributed by atoms with Crippen molar-refractivity contribution in [2.24, 2.45) is 0 Å². The van der Waals surface area contributed by atoms with Crippen LogP contribution in [0.15, 0.2) is 30.3 Å². The molecule has 0 atom stereocenters. The van der Waals surface area contributed by atoms with Crippen LogP contribution < -0.4 is 5.32 Å². The van der Waals surface area contributed by atoms with Crippen molar-refractivity contribution >= 4 is 11.7 Å². The summed E-state index contributed by atoms with van der Waals surface area (Å²) in [5.74, 6) is 0.622. The second-order valence-electron chi connectivity index (χ2n) is 8.19. The maximum Gasteiger partial charge on any atom is 0.225 e. The zero-order chi connectivity index (χ0) is 18.6. The van der Waals surface area contributed by atoms with E-state index in [0.29, 0.717) is 12.2 Å². The van der Waals surface area contributed by atoms with Crippen LogP contribution in [0.3, 0.4) is 0 Å². The zero-order valence-electron chi connectivity index (χ0n) is 16.1. The molecule has 2 N–H and O–H groups in total. The molecule has 0 aliphatic carbocycles. The molecule has 0 unspecified atom stereocenters. The lowest BCUT2D eigenvalue weighted by Crippen LogP contribution is -2.22. The van der Waals surface area contributed by atoms with E-state index in [2.05, 4.69) is 65.5 Å². The summed E-state index contributed by atoms with van der Waals surface area (Å²) in [6.07, 6.45) is 4.02. The first-order valence-electron chi connectivity index (χ1n) is 9.60. The smallest absolute Gasteiger partial charge is 0.225 e. The normalized spacial score (nSPS) is 15.3. The molecule has 1 fully saturated rings. The number of hydrogen-bond acceptors (Lipinski definition) is 3. The lowest BCUT2D eigenvalue weighted by atomic mass is 9.86. The molecule has 5 nitrogen and oxygen atoms in total. The van der Waals surface area contributed by atoms with Gasteiger partial charge in [-0.25, -0.2) is 0 Å². The highest BCUT2D eigenvalue weighted by atomic mass is 16.1. The van der Waals surface area contributed by atoms with Crippen molar-refractivity contribution in [3.63, 3.8) is 0 Å². The lowest BCUT2D eigenvalue weighted by Gasteiger charge is -2.18. The molecule has 0 spiro atoms. The fraction of sp³-hybridized carbons (Fsp3) is 0.524. The van der Waals surface area contributed by atoms with Crippen molar-refractivity contribution in [3.8, 4) is 11.3 Å². The third-order valence-corrected chi connectivity index (χ3v) is 4.98. The quantitative estimate of drug-likeness (QED) is 0.818. The molecule has 140 valence electrons. The molecule has 26 heavy (non-hydrogen) atoms. The number of carbonyl (C=O) groups excluding carboxylic acids is 1. The zero-order valence-corrected chi connectivity index (χ0v) is 16.1. The standard InChI is InChI=1S/C21H30N4O/c1-21(2,3)17-10-8-16(9-11-17)18-15-19(24-23-18)22-20(26)7-6-14-25-12-4-5-13-25/h8-11,15H,4-7,12-14H2,1-3H3,(H2,22,23,24,26). The molecule has 1 aromatic heterocycles. The maximum atomic E-state index is 12.1. The Morgan fingerprint density at radius 1 is 1.19 bits per heavy atom. The Morgan fingerprint density at radius 3 is 2.54 bits per heavy atom. The van der Waals surface area contributed by atoms with Gasteiger partial charge in [-0.2, -0.15) is 5.10 Å². The summed E-state index contributed by atoms with van der Waals surface area (Å²) >= 11 is 0. The van der Waals surface area contributed by atoms with E-state index in [4.69, 9.17) is 0 Å². The number of likely N-dealkylation sites (tertiary alicyclic amines) is 1. The highest BCUT2D eigenvalue weighted by molar-refractivity contribution is 5.90. The number of amides is 1. The van der Waals surface area contributed by atoms with Gasteiger partial charge in [0.25, 0.3) is 0 Å². The fourth-order valence-corrected chi connectivity index (χ4v) is 3.36. The van der Waals surface area contributed by atoms with Crippen LogP contribution >= 0.6 is 0 Å². The van der Waals surface area contributed by atoms with Gasteiger partial charge in [0, 0.05) is 12.5 Å².